The maximum absolute atomic E-state index is 9.26. The number of nitrogens with zero attached hydrogens (tertiary/aromatic N) is 4. The molecule has 1 aliphatic rings. The van der Waals surface area contributed by atoms with E-state index in [1.54, 1.807) is 18.2 Å². The number of anilines is 2. The van der Waals surface area contributed by atoms with Gasteiger partial charge in [0.2, 0.25) is 5.95 Å². The molecule has 0 spiro atoms. The van der Waals surface area contributed by atoms with Crippen molar-refractivity contribution in [3.8, 4) is 11.3 Å². The third-order valence-electron chi connectivity index (χ3n) is 3.67. The quantitative estimate of drug-likeness (QED) is 0.761. The van der Waals surface area contributed by atoms with Crippen LogP contribution in [0.25, 0.3) is 11.3 Å². The van der Waals surface area contributed by atoms with Crippen molar-refractivity contribution in [2.24, 2.45) is 0 Å². The van der Waals surface area contributed by atoms with E-state index in [0.29, 0.717) is 33.8 Å². The van der Waals surface area contributed by atoms with E-state index in [9.17, 15) is 5.11 Å². The van der Waals surface area contributed by atoms with Crippen LogP contribution in [0.4, 0.5) is 11.8 Å². The van der Waals surface area contributed by atoms with Crippen LogP contribution in [0.15, 0.2) is 18.2 Å². The van der Waals surface area contributed by atoms with E-state index in [0.717, 1.165) is 13.1 Å². The summed E-state index contributed by atoms with van der Waals surface area (Å²) in [5.74, 6) is 0.669. The zero-order valence-electron chi connectivity index (χ0n) is 12.2. The number of nitrogens with two attached hydrogens (primary N) is 1. The van der Waals surface area contributed by atoms with E-state index in [-0.39, 0.29) is 18.5 Å². The number of nitrogens with one attached hydrogen (secondary N) is 1. The molecule has 3 rings (SSSR count). The first-order valence-electron chi connectivity index (χ1n) is 7.14. The minimum absolute atomic E-state index is 0.0179. The van der Waals surface area contributed by atoms with Gasteiger partial charge in [-0.25, -0.2) is 0 Å². The molecule has 2 aromatic rings. The van der Waals surface area contributed by atoms with Crippen LogP contribution in [-0.2, 0) is 0 Å². The Morgan fingerprint density at radius 3 is 2.91 bits per heavy atom. The van der Waals surface area contributed by atoms with Gasteiger partial charge in [-0.05, 0) is 6.07 Å². The molecular weight excluding hydrogens is 339 g/mol. The molecule has 0 bridgehead atoms. The minimum atomic E-state index is -0.0179. The van der Waals surface area contributed by atoms with Crippen molar-refractivity contribution in [1.29, 1.82) is 0 Å². The molecule has 0 unspecified atom stereocenters. The lowest BCUT2D eigenvalue weighted by Crippen LogP contribution is -2.52. The van der Waals surface area contributed by atoms with Gasteiger partial charge in [0, 0.05) is 31.2 Å². The van der Waals surface area contributed by atoms with Crippen LogP contribution in [0.3, 0.4) is 0 Å². The van der Waals surface area contributed by atoms with Crippen molar-refractivity contribution >= 4 is 35.0 Å². The molecule has 1 aromatic heterocycles. The number of nitrogen functional groups attached to an aromatic ring is 1. The molecule has 2 heterocycles. The van der Waals surface area contributed by atoms with E-state index < -0.39 is 0 Å². The summed E-state index contributed by atoms with van der Waals surface area (Å²) in [4.78, 5) is 6.27. The molecule has 1 aromatic carbocycles. The number of benzene rings is 1. The Balaban J connectivity index is 1.90. The van der Waals surface area contributed by atoms with Crippen molar-refractivity contribution in [3.05, 3.63) is 28.2 Å². The average Bonchev–Trinajstić information content (AvgIpc) is 2.58. The van der Waals surface area contributed by atoms with Crippen LogP contribution in [0.2, 0.25) is 10.0 Å². The predicted molar refractivity (Wildman–Crippen MR) is 90.8 cm³/mol. The lowest BCUT2D eigenvalue weighted by atomic mass is 10.1. The molecular formula is C14H16Cl2N6O. The Bertz CT molecular complexity index is 714. The fourth-order valence-corrected chi connectivity index (χ4v) is 2.86. The van der Waals surface area contributed by atoms with Gasteiger partial charge >= 0.3 is 0 Å². The van der Waals surface area contributed by atoms with Crippen molar-refractivity contribution < 1.29 is 5.11 Å². The van der Waals surface area contributed by atoms with Crippen LogP contribution < -0.4 is 16.0 Å². The van der Waals surface area contributed by atoms with Gasteiger partial charge in [-0.3, -0.25) is 0 Å². The molecule has 7 nitrogen and oxygen atoms in total. The number of halogens is 2. The highest BCUT2D eigenvalue weighted by Gasteiger charge is 2.22. The third-order valence-corrected chi connectivity index (χ3v) is 4.49. The standard InChI is InChI=1S/C14H16Cl2N6O/c15-10-3-1-2-9(11(10)16)12-13(17)19-14(21-20-12)22-5-4-18-8(6-22)7-23/h1-3,8,18,23H,4-7H2,(H2,17,19,21)/t8-/m1/s1. The molecule has 1 atom stereocenters. The molecule has 0 radical (unpaired) electrons. The zero-order valence-corrected chi connectivity index (χ0v) is 13.7. The highest BCUT2D eigenvalue weighted by atomic mass is 35.5. The van der Waals surface area contributed by atoms with Crippen LogP contribution in [0, 0.1) is 0 Å². The van der Waals surface area contributed by atoms with Gasteiger partial charge in [-0.1, -0.05) is 35.3 Å². The summed E-state index contributed by atoms with van der Waals surface area (Å²) >= 11 is 12.2. The molecule has 122 valence electrons. The molecule has 4 N–H and O–H groups in total. The first kappa shape index (κ1) is 16.2. The summed E-state index contributed by atoms with van der Waals surface area (Å²) in [5, 5.41) is 21.6. The summed E-state index contributed by atoms with van der Waals surface area (Å²) in [7, 11) is 0. The molecule has 1 saturated heterocycles. The Kier molecular flexibility index (Phi) is 4.82. The first-order valence-corrected chi connectivity index (χ1v) is 7.89. The minimum Gasteiger partial charge on any atom is -0.395 e. The van der Waals surface area contributed by atoms with Gasteiger partial charge in [-0.2, -0.15) is 4.98 Å². The molecule has 1 fully saturated rings. The van der Waals surface area contributed by atoms with Gasteiger partial charge in [0.25, 0.3) is 0 Å². The number of aliphatic hydroxyl groups is 1. The number of piperazine rings is 1. The number of aromatic nitrogens is 3. The number of rotatable bonds is 3. The highest BCUT2D eigenvalue weighted by molar-refractivity contribution is 6.43. The normalized spacial score (nSPS) is 18.2. The van der Waals surface area contributed by atoms with Gasteiger partial charge in [-0.15, -0.1) is 10.2 Å². The fourth-order valence-electron chi connectivity index (χ4n) is 2.47. The van der Waals surface area contributed by atoms with Gasteiger partial charge in [0.15, 0.2) is 5.82 Å². The molecule has 0 amide bonds. The van der Waals surface area contributed by atoms with Crippen molar-refractivity contribution in [3.63, 3.8) is 0 Å². The van der Waals surface area contributed by atoms with Gasteiger partial charge in [0.05, 0.1) is 16.7 Å². The Labute approximate surface area is 143 Å². The second kappa shape index (κ2) is 6.84. The van der Waals surface area contributed by atoms with E-state index in [1.807, 2.05) is 4.90 Å². The van der Waals surface area contributed by atoms with E-state index in [2.05, 4.69) is 20.5 Å². The Morgan fingerprint density at radius 1 is 1.35 bits per heavy atom. The summed E-state index contributed by atoms with van der Waals surface area (Å²) in [5.41, 5.74) is 7.03. The van der Waals surface area contributed by atoms with Crippen LogP contribution >= 0.6 is 23.2 Å². The topological polar surface area (TPSA) is 100 Å². The average molecular weight is 355 g/mol. The van der Waals surface area contributed by atoms with E-state index in [1.165, 1.54) is 0 Å². The maximum atomic E-state index is 9.26. The lowest BCUT2D eigenvalue weighted by molar-refractivity contribution is 0.235. The fraction of sp³-hybridized carbons (Fsp3) is 0.357. The molecule has 23 heavy (non-hydrogen) atoms. The van der Waals surface area contributed by atoms with Crippen molar-refractivity contribution in [2.45, 2.75) is 6.04 Å². The molecule has 0 saturated carbocycles. The summed E-state index contributed by atoms with van der Waals surface area (Å²) in [6, 6.07) is 5.20. The predicted octanol–water partition coefficient (Wildman–Crippen LogP) is 1.20. The number of aliphatic hydroxyl groups excluding tert-OH is 1. The lowest BCUT2D eigenvalue weighted by Gasteiger charge is -2.32. The summed E-state index contributed by atoms with van der Waals surface area (Å²) in [6.07, 6.45) is 0. The summed E-state index contributed by atoms with van der Waals surface area (Å²) < 4.78 is 0. The smallest absolute Gasteiger partial charge is 0.247 e. The van der Waals surface area contributed by atoms with Gasteiger partial charge < -0.3 is 21.1 Å². The maximum Gasteiger partial charge on any atom is 0.247 e. The first-order chi connectivity index (χ1) is 11.1. The molecule has 1 aliphatic heterocycles. The van der Waals surface area contributed by atoms with Crippen molar-refractivity contribution in [1.82, 2.24) is 20.5 Å². The summed E-state index contributed by atoms with van der Waals surface area (Å²) in [6.45, 7) is 2.09. The second-order valence-corrected chi connectivity index (χ2v) is 6.01. The third kappa shape index (κ3) is 3.32. The number of hydrogen-bond donors (Lipinski definition) is 3. The van der Waals surface area contributed by atoms with E-state index >= 15 is 0 Å². The molecule has 9 heteroatoms. The Morgan fingerprint density at radius 2 is 2.17 bits per heavy atom. The van der Waals surface area contributed by atoms with E-state index in [4.69, 9.17) is 28.9 Å². The SMILES string of the molecule is Nc1nc(N2CCN[C@@H](CO)C2)nnc1-c1cccc(Cl)c1Cl. The van der Waals surface area contributed by atoms with Crippen molar-refractivity contribution in [2.75, 3.05) is 36.9 Å². The van der Waals surface area contributed by atoms with Crippen LogP contribution in [0.5, 0.6) is 0 Å². The number of hydrogen-bond acceptors (Lipinski definition) is 7. The monoisotopic (exact) mass is 354 g/mol. The largest absolute Gasteiger partial charge is 0.395 e. The highest BCUT2D eigenvalue weighted by Crippen LogP contribution is 2.34. The van der Waals surface area contributed by atoms with Gasteiger partial charge in [0.1, 0.15) is 5.69 Å². The Hall–Kier alpha value is -1.67. The second-order valence-electron chi connectivity index (χ2n) is 5.23. The zero-order chi connectivity index (χ0) is 16.4. The molecule has 0 aliphatic carbocycles. The van der Waals surface area contributed by atoms with Crippen LogP contribution in [-0.4, -0.2) is 52.6 Å². The van der Waals surface area contributed by atoms with Crippen LogP contribution in [0.1, 0.15) is 0 Å².